The van der Waals surface area contributed by atoms with E-state index < -0.39 is 36.9 Å². The molecule has 2 aromatic carbocycles. The number of amides is 1. The lowest BCUT2D eigenvalue weighted by molar-refractivity contribution is -0.148. The number of ether oxygens (including phenoxy) is 1. The Morgan fingerprint density at radius 3 is 2.03 bits per heavy atom. The molecule has 0 saturated carbocycles. The fourth-order valence-electron chi connectivity index (χ4n) is 2.92. The molecule has 1 N–H and O–H groups in total. The van der Waals surface area contributed by atoms with Crippen LogP contribution < -0.4 is 10.2 Å². The number of unbranched alkanes of at least 4 members (excludes halogenated alkanes) is 1. The lowest BCUT2D eigenvalue weighted by Crippen LogP contribution is -2.49. The first-order valence-electron chi connectivity index (χ1n) is 12.7. The zero-order valence-corrected chi connectivity index (χ0v) is 25.1. The number of hydroxylamine groups is 2. The molecule has 10 heteroatoms. The molecule has 0 spiro atoms. The van der Waals surface area contributed by atoms with Crippen LogP contribution in [0.15, 0.2) is 53.4 Å². The third-order valence-electron chi connectivity index (χ3n) is 6.20. The molecule has 0 bridgehead atoms. The molecule has 2 rings (SSSR count). The van der Waals surface area contributed by atoms with Crippen molar-refractivity contribution in [3.63, 3.8) is 0 Å². The van der Waals surface area contributed by atoms with Crippen molar-refractivity contribution in [2.24, 2.45) is 0 Å². The van der Waals surface area contributed by atoms with Gasteiger partial charge in [-0.05, 0) is 73.8 Å². The highest BCUT2D eigenvalue weighted by Gasteiger charge is 2.39. The van der Waals surface area contributed by atoms with Crippen molar-refractivity contribution in [3.8, 4) is 16.9 Å². The van der Waals surface area contributed by atoms with Gasteiger partial charge in [0.05, 0.1) is 17.6 Å². The molecule has 0 aliphatic heterocycles. The van der Waals surface area contributed by atoms with E-state index >= 15 is 0 Å². The Labute approximate surface area is 223 Å². The molecule has 0 aliphatic rings. The van der Waals surface area contributed by atoms with Crippen LogP contribution in [0.25, 0.3) is 11.1 Å². The predicted octanol–water partition coefficient (Wildman–Crippen LogP) is 5.92. The van der Waals surface area contributed by atoms with Crippen LogP contribution in [-0.2, 0) is 24.2 Å². The summed E-state index contributed by atoms with van der Waals surface area (Å²) in [7, 11) is -6.37. The smallest absolute Gasteiger partial charge is 0.265 e. The SMILES string of the molecule is CCCCOc1ccc(-c2ccc(S(=O)(=O)N(CC(=O)NO[Si](C)(C)C(C)(C)C)OC(C)C)cc2)cc1. The predicted molar refractivity (Wildman–Crippen MR) is 149 cm³/mol. The maximum absolute atomic E-state index is 13.4. The molecule has 0 heterocycles. The van der Waals surface area contributed by atoms with Gasteiger partial charge in [0.25, 0.3) is 15.9 Å². The second-order valence-electron chi connectivity index (χ2n) is 10.8. The third kappa shape index (κ3) is 8.93. The van der Waals surface area contributed by atoms with Crippen LogP contribution in [0.3, 0.4) is 0 Å². The van der Waals surface area contributed by atoms with Crippen LogP contribution in [0.1, 0.15) is 54.4 Å². The van der Waals surface area contributed by atoms with Crippen LogP contribution >= 0.6 is 0 Å². The van der Waals surface area contributed by atoms with Gasteiger partial charge >= 0.3 is 0 Å². The monoisotopic (exact) mass is 550 g/mol. The van der Waals surface area contributed by atoms with Crippen molar-refractivity contribution in [1.82, 2.24) is 9.95 Å². The minimum absolute atomic E-state index is 0.0227. The molecule has 0 aromatic heterocycles. The first-order chi connectivity index (χ1) is 17.2. The van der Waals surface area contributed by atoms with E-state index in [9.17, 15) is 13.2 Å². The summed E-state index contributed by atoms with van der Waals surface area (Å²) >= 11 is 0. The minimum Gasteiger partial charge on any atom is -0.494 e. The van der Waals surface area contributed by atoms with Crippen molar-refractivity contribution in [3.05, 3.63) is 48.5 Å². The van der Waals surface area contributed by atoms with Gasteiger partial charge in [-0.25, -0.2) is 13.9 Å². The van der Waals surface area contributed by atoms with E-state index in [0.29, 0.717) is 6.61 Å². The van der Waals surface area contributed by atoms with E-state index in [-0.39, 0.29) is 9.93 Å². The molecule has 0 aliphatic carbocycles. The lowest BCUT2D eigenvalue weighted by Gasteiger charge is -2.35. The zero-order valence-electron chi connectivity index (χ0n) is 23.3. The van der Waals surface area contributed by atoms with Gasteiger partial charge in [-0.1, -0.05) is 62.8 Å². The second-order valence-corrected chi connectivity index (χ2v) is 17.3. The van der Waals surface area contributed by atoms with Crippen LogP contribution in [0, 0.1) is 0 Å². The van der Waals surface area contributed by atoms with Crippen molar-refractivity contribution >= 4 is 24.2 Å². The summed E-state index contributed by atoms with van der Waals surface area (Å²) < 4.78 is 38.9. The van der Waals surface area contributed by atoms with Gasteiger partial charge in [0.15, 0.2) is 0 Å². The Balaban J connectivity index is 2.15. The first-order valence-corrected chi connectivity index (χ1v) is 17.0. The average Bonchev–Trinajstić information content (AvgIpc) is 2.82. The van der Waals surface area contributed by atoms with Gasteiger partial charge in [0.1, 0.15) is 12.3 Å². The number of hydrogen-bond donors (Lipinski definition) is 1. The van der Waals surface area contributed by atoms with Gasteiger partial charge in [-0.3, -0.25) is 9.63 Å². The summed E-state index contributed by atoms with van der Waals surface area (Å²) in [5.41, 5.74) is 4.23. The Morgan fingerprint density at radius 1 is 1.00 bits per heavy atom. The van der Waals surface area contributed by atoms with E-state index in [1.54, 1.807) is 26.0 Å². The Bertz CT molecular complexity index is 1110. The van der Waals surface area contributed by atoms with Gasteiger partial charge in [-0.15, -0.1) is 0 Å². The molecule has 0 saturated heterocycles. The zero-order chi connectivity index (χ0) is 27.9. The van der Waals surface area contributed by atoms with Crippen molar-refractivity contribution in [2.45, 2.75) is 83.5 Å². The summed E-state index contributed by atoms with van der Waals surface area (Å²) in [4.78, 5) is 18.2. The van der Waals surface area contributed by atoms with E-state index in [1.165, 1.54) is 12.1 Å². The number of sulfonamides is 1. The van der Waals surface area contributed by atoms with Crippen LogP contribution in [0.4, 0.5) is 0 Å². The normalized spacial score (nSPS) is 12.7. The van der Waals surface area contributed by atoms with Gasteiger partial charge in [0, 0.05) is 0 Å². The number of carbonyl (C=O) groups is 1. The number of nitrogens with zero attached hydrogens (tertiary/aromatic N) is 1. The van der Waals surface area contributed by atoms with Crippen molar-refractivity contribution in [2.75, 3.05) is 13.2 Å². The number of benzene rings is 2. The average molecular weight is 551 g/mol. The number of nitrogens with one attached hydrogen (secondary N) is 1. The molecule has 2 aromatic rings. The van der Waals surface area contributed by atoms with Crippen molar-refractivity contribution in [1.29, 1.82) is 0 Å². The quantitative estimate of drug-likeness (QED) is 0.189. The van der Waals surface area contributed by atoms with E-state index in [1.807, 2.05) is 58.1 Å². The third-order valence-corrected chi connectivity index (χ3v) is 12.0. The largest absolute Gasteiger partial charge is 0.494 e. The van der Waals surface area contributed by atoms with Gasteiger partial charge in [0.2, 0.25) is 8.32 Å². The fraction of sp³-hybridized carbons (Fsp3) is 0.519. The molecule has 0 radical (unpaired) electrons. The van der Waals surface area contributed by atoms with Crippen LogP contribution in [0.2, 0.25) is 18.1 Å². The lowest BCUT2D eigenvalue weighted by atomic mass is 10.1. The summed E-state index contributed by atoms with van der Waals surface area (Å²) in [5.74, 6) is 0.195. The molecule has 0 unspecified atom stereocenters. The Hall–Kier alpha value is -2.24. The molecule has 0 atom stereocenters. The van der Waals surface area contributed by atoms with E-state index in [4.69, 9.17) is 14.1 Å². The summed E-state index contributed by atoms with van der Waals surface area (Å²) in [6, 6.07) is 14.2. The van der Waals surface area contributed by atoms with E-state index in [2.05, 4.69) is 12.4 Å². The topological polar surface area (TPSA) is 94.2 Å². The summed E-state index contributed by atoms with van der Waals surface area (Å²) in [6.07, 6.45) is 1.62. The highest BCUT2D eigenvalue weighted by molar-refractivity contribution is 7.89. The summed E-state index contributed by atoms with van der Waals surface area (Å²) in [5, 5.41) is -0.120. The van der Waals surface area contributed by atoms with Gasteiger partial charge < -0.3 is 9.26 Å². The van der Waals surface area contributed by atoms with Gasteiger partial charge in [-0.2, -0.15) is 0 Å². The molecule has 0 fully saturated rings. The molecule has 206 valence electrons. The molecule has 1 amide bonds. The maximum atomic E-state index is 13.4. The highest BCUT2D eigenvalue weighted by atomic mass is 32.2. The van der Waals surface area contributed by atoms with Crippen LogP contribution in [0.5, 0.6) is 5.75 Å². The molecule has 8 nitrogen and oxygen atoms in total. The Kier molecular flexibility index (Phi) is 10.9. The highest BCUT2D eigenvalue weighted by Crippen LogP contribution is 2.35. The number of carbonyl (C=O) groups excluding carboxylic acids is 1. The first kappa shape index (κ1) is 31.0. The second kappa shape index (κ2) is 13.0. The minimum atomic E-state index is -4.11. The standard InChI is InChI=1S/C27H42N2O6SSi/c1-9-10-19-33-24-15-11-22(12-16-24)23-13-17-25(18-14-23)36(31,32)29(34-21(2)3)20-26(30)28-35-37(7,8)27(4,5)6/h11-18,21H,9-10,19-20H2,1-8H3,(H,28,30). The summed E-state index contributed by atoms with van der Waals surface area (Å²) in [6.45, 7) is 15.8. The fourth-order valence-corrected chi connectivity index (χ4v) is 4.88. The maximum Gasteiger partial charge on any atom is 0.265 e. The van der Waals surface area contributed by atoms with Crippen molar-refractivity contribution < 1.29 is 27.3 Å². The number of rotatable bonds is 13. The Morgan fingerprint density at radius 2 is 1.54 bits per heavy atom. The molecular weight excluding hydrogens is 508 g/mol. The van der Waals surface area contributed by atoms with Crippen LogP contribution in [-0.4, -0.2) is 46.4 Å². The molecule has 37 heavy (non-hydrogen) atoms. The molecular formula is C27H42N2O6SSi. The van der Waals surface area contributed by atoms with E-state index in [0.717, 1.165) is 34.2 Å². The number of hydrogen-bond acceptors (Lipinski definition) is 6.